The van der Waals surface area contributed by atoms with E-state index in [1.807, 2.05) is 18.2 Å². The van der Waals surface area contributed by atoms with E-state index in [2.05, 4.69) is 10.0 Å². The molecule has 0 aliphatic heterocycles. The second kappa shape index (κ2) is 8.86. The molecule has 1 aromatic rings. The van der Waals surface area contributed by atoms with Crippen LogP contribution in [-0.2, 0) is 16.4 Å². The van der Waals surface area contributed by atoms with Crippen LogP contribution in [0.2, 0.25) is 0 Å². The van der Waals surface area contributed by atoms with Gasteiger partial charge in [-0.2, -0.15) is 0 Å². The van der Waals surface area contributed by atoms with Gasteiger partial charge in [0.1, 0.15) is 0 Å². The molecular weight excluding hydrogens is 292 g/mol. The van der Waals surface area contributed by atoms with Crippen molar-refractivity contribution in [2.75, 3.05) is 40.1 Å². The van der Waals surface area contributed by atoms with E-state index >= 15 is 0 Å². The smallest absolute Gasteiger partial charge is 0.211 e. The Morgan fingerprint density at radius 3 is 2.43 bits per heavy atom. The van der Waals surface area contributed by atoms with Gasteiger partial charge in [-0.15, -0.1) is 0 Å². The Morgan fingerprint density at radius 2 is 1.81 bits per heavy atom. The Labute approximate surface area is 126 Å². The largest absolute Gasteiger partial charge is 0.493 e. The zero-order valence-corrected chi connectivity index (χ0v) is 13.6. The zero-order valence-electron chi connectivity index (χ0n) is 12.8. The van der Waals surface area contributed by atoms with Crippen molar-refractivity contribution in [1.82, 2.24) is 10.0 Å². The zero-order chi connectivity index (χ0) is 15.7. The lowest BCUT2D eigenvalue weighted by molar-refractivity contribution is 0.354. The van der Waals surface area contributed by atoms with Crippen LogP contribution in [0.25, 0.3) is 0 Å². The number of benzene rings is 1. The predicted octanol–water partition coefficient (Wildman–Crippen LogP) is 0.775. The van der Waals surface area contributed by atoms with Crippen LogP contribution in [0.4, 0.5) is 0 Å². The highest BCUT2D eigenvalue weighted by Gasteiger charge is 2.09. The quantitative estimate of drug-likeness (QED) is 0.624. The van der Waals surface area contributed by atoms with Crippen LogP contribution < -0.4 is 19.5 Å². The third-order valence-corrected chi connectivity index (χ3v) is 4.49. The minimum Gasteiger partial charge on any atom is -0.493 e. The summed E-state index contributed by atoms with van der Waals surface area (Å²) in [4.78, 5) is 0. The van der Waals surface area contributed by atoms with Gasteiger partial charge in [0, 0.05) is 6.54 Å². The van der Waals surface area contributed by atoms with Crippen LogP contribution in [0, 0.1) is 0 Å². The lowest BCUT2D eigenvalue weighted by Crippen LogP contribution is -2.29. The number of hydrogen-bond acceptors (Lipinski definition) is 5. The van der Waals surface area contributed by atoms with Gasteiger partial charge in [-0.1, -0.05) is 6.07 Å². The molecule has 0 radical (unpaired) electrons. The van der Waals surface area contributed by atoms with Crippen molar-refractivity contribution < 1.29 is 17.9 Å². The van der Waals surface area contributed by atoms with E-state index in [0.717, 1.165) is 5.56 Å². The summed E-state index contributed by atoms with van der Waals surface area (Å²) >= 11 is 0. The van der Waals surface area contributed by atoms with Crippen LogP contribution in [-0.4, -0.2) is 48.5 Å². The summed E-state index contributed by atoms with van der Waals surface area (Å²) < 4.78 is 36.5. The average Bonchev–Trinajstić information content (AvgIpc) is 2.47. The predicted molar refractivity (Wildman–Crippen MR) is 83.6 cm³/mol. The maximum atomic E-state index is 11.7. The number of nitrogens with one attached hydrogen (secondary N) is 2. The molecule has 1 aromatic carbocycles. The molecule has 21 heavy (non-hydrogen) atoms. The molecule has 6 nitrogen and oxygen atoms in total. The first kappa shape index (κ1) is 17.7. The van der Waals surface area contributed by atoms with E-state index < -0.39 is 10.0 Å². The molecule has 2 N–H and O–H groups in total. The Balaban J connectivity index is 2.48. The van der Waals surface area contributed by atoms with Gasteiger partial charge in [0.2, 0.25) is 10.0 Å². The fourth-order valence-corrected chi connectivity index (χ4v) is 2.98. The molecule has 0 aromatic heterocycles. The lowest BCUT2D eigenvalue weighted by atomic mass is 10.1. The molecule has 120 valence electrons. The lowest BCUT2D eigenvalue weighted by Gasteiger charge is -2.10. The summed E-state index contributed by atoms with van der Waals surface area (Å²) in [5.74, 6) is 1.44. The molecule has 0 saturated heterocycles. The standard InChI is InChI=1S/C14H24N2O4S/c1-15-8-4-10-21(17,18)16-9-7-12-5-6-13(19-2)14(11-12)20-3/h5-6,11,15-16H,4,7-10H2,1-3H3. The minimum absolute atomic E-state index is 0.139. The number of methoxy groups -OCH3 is 2. The van der Waals surface area contributed by atoms with Crippen LogP contribution in [0.1, 0.15) is 12.0 Å². The van der Waals surface area contributed by atoms with Crippen molar-refractivity contribution in [2.45, 2.75) is 12.8 Å². The Bertz CT molecular complexity index is 532. The van der Waals surface area contributed by atoms with Crippen molar-refractivity contribution in [1.29, 1.82) is 0 Å². The summed E-state index contributed by atoms with van der Waals surface area (Å²) in [5, 5.41) is 2.93. The Kier molecular flexibility index (Phi) is 7.49. The molecule has 0 amide bonds. The number of rotatable bonds is 10. The van der Waals surface area contributed by atoms with Gasteiger partial charge in [-0.05, 0) is 44.1 Å². The van der Waals surface area contributed by atoms with Crippen LogP contribution in [0.3, 0.4) is 0 Å². The summed E-state index contributed by atoms with van der Waals surface area (Å²) in [6, 6.07) is 5.57. The molecule has 0 unspecified atom stereocenters. The van der Waals surface area contributed by atoms with E-state index in [1.54, 1.807) is 21.3 Å². The SMILES string of the molecule is CNCCCS(=O)(=O)NCCc1ccc(OC)c(OC)c1. The highest BCUT2D eigenvalue weighted by molar-refractivity contribution is 7.89. The molecule has 0 bridgehead atoms. The Hall–Kier alpha value is -1.31. The van der Waals surface area contributed by atoms with Gasteiger partial charge in [0.05, 0.1) is 20.0 Å². The van der Waals surface area contributed by atoms with Gasteiger partial charge in [-0.25, -0.2) is 13.1 Å². The first-order chi connectivity index (χ1) is 10.0. The molecule has 0 atom stereocenters. The molecule has 7 heteroatoms. The molecule has 0 saturated carbocycles. The fourth-order valence-electron chi connectivity index (χ4n) is 1.90. The van der Waals surface area contributed by atoms with Crippen molar-refractivity contribution in [3.8, 4) is 11.5 Å². The van der Waals surface area contributed by atoms with Gasteiger partial charge in [0.15, 0.2) is 11.5 Å². The summed E-state index contributed by atoms with van der Waals surface area (Å²) in [6.45, 7) is 1.06. The molecule has 0 heterocycles. The molecule has 0 fully saturated rings. The molecule has 1 rings (SSSR count). The fraction of sp³-hybridized carbons (Fsp3) is 0.571. The number of sulfonamides is 1. The summed E-state index contributed by atoms with van der Waals surface area (Å²) in [5.41, 5.74) is 0.991. The number of hydrogen-bond donors (Lipinski definition) is 2. The van der Waals surface area contributed by atoms with Crippen molar-refractivity contribution in [2.24, 2.45) is 0 Å². The summed E-state index contributed by atoms with van der Waals surface area (Å²) in [7, 11) is 1.76. The van der Waals surface area contributed by atoms with E-state index in [0.29, 0.717) is 37.4 Å². The number of ether oxygens (including phenoxy) is 2. The van der Waals surface area contributed by atoms with Crippen LogP contribution in [0.5, 0.6) is 11.5 Å². The summed E-state index contributed by atoms with van der Waals surface area (Å²) in [6.07, 6.45) is 1.20. The third kappa shape index (κ3) is 6.33. The van der Waals surface area contributed by atoms with Gasteiger partial charge < -0.3 is 14.8 Å². The van der Waals surface area contributed by atoms with E-state index in [1.165, 1.54) is 0 Å². The second-order valence-corrected chi connectivity index (χ2v) is 6.54. The van der Waals surface area contributed by atoms with Gasteiger partial charge in [0.25, 0.3) is 0 Å². The normalized spacial score (nSPS) is 11.4. The minimum atomic E-state index is -3.20. The van der Waals surface area contributed by atoms with Gasteiger partial charge >= 0.3 is 0 Å². The van der Waals surface area contributed by atoms with Crippen molar-refractivity contribution >= 4 is 10.0 Å². The van der Waals surface area contributed by atoms with Crippen molar-refractivity contribution in [3.05, 3.63) is 23.8 Å². The van der Waals surface area contributed by atoms with Crippen LogP contribution >= 0.6 is 0 Å². The highest BCUT2D eigenvalue weighted by atomic mass is 32.2. The Morgan fingerprint density at radius 1 is 1.10 bits per heavy atom. The van der Waals surface area contributed by atoms with E-state index in [-0.39, 0.29) is 5.75 Å². The second-order valence-electron chi connectivity index (χ2n) is 4.61. The van der Waals surface area contributed by atoms with E-state index in [9.17, 15) is 8.42 Å². The monoisotopic (exact) mass is 316 g/mol. The van der Waals surface area contributed by atoms with Gasteiger partial charge in [-0.3, -0.25) is 0 Å². The average molecular weight is 316 g/mol. The molecule has 0 aliphatic carbocycles. The molecular formula is C14H24N2O4S. The maximum Gasteiger partial charge on any atom is 0.211 e. The van der Waals surface area contributed by atoms with Crippen LogP contribution in [0.15, 0.2) is 18.2 Å². The van der Waals surface area contributed by atoms with E-state index in [4.69, 9.17) is 9.47 Å². The molecule has 0 aliphatic rings. The topological polar surface area (TPSA) is 76.7 Å². The third-order valence-electron chi connectivity index (χ3n) is 3.02. The maximum absolute atomic E-state index is 11.7. The highest BCUT2D eigenvalue weighted by Crippen LogP contribution is 2.27. The first-order valence-corrected chi connectivity index (χ1v) is 8.50. The van der Waals surface area contributed by atoms with Crippen molar-refractivity contribution in [3.63, 3.8) is 0 Å². The molecule has 0 spiro atoms. The first-order valence-electron chi connectivity index (χ1n) is 6.85.